The van der Waals surface area contributed by atoms with Gasteiger partial charge in [-0.15, -0.1) is 0 Å². The first-order valence-electron chi connectivity index (χ1n) is 5.81. The predicted molar refractivity (Wildman–Crippen MR) is 70.0 cm³/mol. The molecule has 0 aliphatic rings. The van der Waals surface area contributed by atoms with Crippen LogP contribution in [0.3, 0.4) is 0 Å². The van der Waals surface area contributed by atoms with Crippen molar-refractivity contribution in [3.8, 4) is 0 Å². The van der Waals surface area contributed by atoms with Gasteiger partial charge in [0.1, 0.15) is 0 Å². The SMILES string of the molecule is Cc1c(C(=O)O)ccc(C(F)F)c1S(=O)(=O)C(C)(C)C. The van der Waals surface area contributed by atoms with Crippen LogP contribution in [0.5, 0.6) is 0 Å². The van der Waals surface area contributed by atoms with E-state index >= 15 is 0 Å². The molecule has 0 saturated heterocycles. The van der Waals surface area contributed by atoms with Gasteiger partial charge in [-0.2, -0.15) is 0 Å². The second kappa shape index (κ2) is 5.12. The van der Waals surface area contributed by atoms with Crippen molar-refractivity contribution in [2.75, 3.05) is 0 Å². The molecule has 0 amide bonds. The molecule has 0 aromatic heterocycles. The molecule has 0 bridgehead atoms. The third-order valence-corrected chi connectivity index (χ3v) is 5.67. The Kier molecular flexibility index (Phi) is 4.24. The first-order valence-corrected chi connectivity index (χ1v) is 7.29. The van der Waals surface area contributed by atoms with Crippen LogP contribution in [0.2, 0.25) is 0 Å². The highest BCUT2D eigenvalue weighted by molar-refractivity contribution is 7.92. The maximum Gasteiger partial charge on any atom is 0.335 e. The number of alkyl halides is 2. The number of benzene rings is 1. The average Bonchev–Trinajstić information content (AvgIpc) is 2.25. The molecule has 1 N–H and O–H groups in total. The van der Waals surface area contributed by atoms with E-state index in [4.69, 9.17) is 5.11 Å². The van der Waals surface area contributed by atoms with Crippen LogP contribution in [-0.4, -0.2) is 24.2 Å². The molecule has 0 fully saturated rings. The van der Waals surface area contributed by atoms with Gasteiger partial charge >= 0.3 is 5.97 Å². The maximum atomic E-state index is 13.0. The number of carboxylic acids is 1. The van der Waals surface area contributed by atoms with E-state index in [1.165, 1.54) is 27.7 Å². The Morgan fingerprint density at radius 2 is 1.75 bits per heavy atom. The number of carboxylic acid groups (broad SMARTS) is 1. The zero-order valence-corrected chi connectivity index (χ0v) is 12.4. The lowest BCUT2D eigenvalue weighted by Gasteiger charge is -2.23. The Bertz CT molecular complexity index is 643. The summed E-state index contributed by atoms with van der Waals surface area (Å²) >= 11 is 0. The van der Waals surface area contributed by atoms with Gasteiger partial charge in [0.15, 0.2) is 9.84 Å². The van der Waals surface area contributed by atoms with Gasteiger partial charge in [0, 0.05) is 5.56 Å². The molecule has 0 radical (unpaired) electrons. The van der Waals surface area contributed by atoms with Gasteiger partial charge in [-0.25, -0.2) is 22.0 Å². The van der Waals surface area contributed by atoms with Crippen molar-refractivity contribution in [2.24, 2.45) is 0 Å². The monoisotopic (exact) mass is 306 g/mol. The molecule has 7 heteroatoms. The van der Waals surface area contributed by atoms with Crippen LogP contribution in [-0.2, 0) is 9.84 Å². The smallest absolute Gasteiger partial charge is 0.335 e. The fraction of sp³-hybridized carbons (Fsp3) is 0.462. The number of halogens is 2. The molecule has 0 unspecified atom stereocenters. The molecule has 0 aliphatic heterocycles. The van der Waals surface area contributed by atoms with Crippen LogP contribution >= 0.6 is 0 Å². The first-order chi connectivity index (χ1) is 8.91. The van der Waals surface area contributed by atoms with Crippen molar-refractivity contribution in [1.29, 1.82) is 0 Å². The molecule has 1 rings (SSSR count). The Morgan fingerprint density at radius 3 is 2.10 bits per heavy atom. The van der Waals surface area contributed by atoms with Crippen molar-refractivity contribution in [2.45, 2.75) is 43.8 Å². The molecule has 1 aromatic rings. The zero-order chi connectivity index (χ0) is 15.9. The topological polar surface area (TPSA) is 71.4 Å². The lowest BCUT2D eigenvalue weighted by molar-refractivity contribution is 0.0695. The number of carbonyl (C=O) groups is 1. The summed E-state index contributed by atoms with van der Waals surface area (Å²) in [6, 6.07) is 1.86. The van der Waals surface area contributed by atoms with E-state index in [2.05, 4.69) is 0 Å². The summed E-state index contributed by atoms with van der Waals surface area (Å²) < 4.78 is 49.7. The summed E-state index contributed by atoms with van der Waals surface area (Å²) in [4.78, 5) is 10.5. The van der Waals surface area contributed by atoms with Crippen molar-refractivity contribution in [3.05, 3.63) is 28.8 Å². The molecule has 0 spiro atoms. The van der Waals surface area contributed by atoms with Crippen molar-refractivity contribution in [3.63, 3.8) is 0 Å². The minimum Gasteiger partial charge on any atom is -0.478 e. The molecule has 112 valence electrons. The maximum absolute atomic E-state index is 13.0. The normalized spacial score (nSPS) is 12.8. The predicted octanol–water partition coefficient (Wildman–Crippen LogP) is 3.20. The van der Waals surface area contributed by atoms with Crippen LogP contribution in [0.15, 0.2) is 17.0 Å². The summed E-state index contributed by atoms with van der Waals surface area (Å²) in [5.74, 6) is -1.35. The second-order valence-electron chi connectivity index (χ2n) is 5.38. The van der Waals surface area contributed by atoms with Gasteiger partial charge in [-0.3, -0.25) is 0 Å². The highest BCUT2D eigenvalue weighted by Crippen LogP contribution is 2.36. The van der Waals surface area contributed by atoms with Crippen LogP contribution in [0.4, 0.5) is 8.78 Å². The van der Waals surface area contributed by atoms with E-state index in [1.807, 2.05) is 0 Å². The number of hydrogen-bond acceptors (Lipinski definition) is 3. The van der Waals surface area contributed by atoms with Gasteiger partial charge in [-0.1, -0.05) is 6.07 Å². The number of aromatic carboxylic acids is 1. The average molecular weight is 306 g/mol. The second-order valence-corrected chi connectivity index (χ2v) is 8.02. The first kappa shape index (κ1) is 16.6. The Morgan fingerprint density at radius 1 is 1.25 bits per heavy atom. The molecule has 1 aromatic carbocycles. The Hall–Kier alpha value is -1.50. The summed E-state index contributed by atoms with van der Waals surface area (Å²) in [5.41, 5.74) is -1.12. The Labute approximate surface area is 116 Å². The van der Waals surface area contributed by atoms with Crippen LogP contribution in [0, 0.1) is 6.92 Å². The van der Waals surface area contributed by atoms with E-state index < -0.39 is 37.4 Å². The number of rotatable bonds is 3. The zero-order valence-electron chi connectivity index (χ0n) is 11.6. The van der Waals surface area contributed by atoms with Gasteiger partial charge in [-0.05, 0) is 39.3 Å². The van der Waals surface area contributed by atoms with Crippen molar-refractivity contribution >= 4 is 15.8 Å². The van der Waals surface area contributed by atoms with Gasteiger partial charge in [0.25, 0.3) is 6.43 Å². The standard InChI is InChI=1S/C13H16F2O4S/c1-7-8(12(16)17)5-6-9(11(14)15)10(7)20(18,19)13(2,3)4/h5-6,11H,1-4H3,(H,16,17). The van der Waals surface area contributed by atoms with Gasteiger partial charge in [0.2, 0.25) is 0 Å². The summed E-state index contributed by atoms with van der Waals surface area (Å²) in [7, 11) is -4.08. The van der Waals surface area contributed by atoms with E-state index in [0.717, 1.165) is 12.1 Å². The minimum absolute atomic E-state index is 0.162. The highest BCUT2D eigenvalue weighted by atomic mass is 32.2. The molecule has 4 nitrogen and oxygen atoms in total. The quantitative estimate of drug-likeness (QED) is 0.931. The number of sulfone groups is 1. The molecular weight excluding hydrogens is 290 g/mol. The fourth-order valence-electron chi connectivity index (χ4n) is 1.78. The van der Waals surface area contributed by atoms with Crippen LogP contribution in [0.1, 0.15) is 48.7 Å². The summed E-state index contributed by atoms with van der Waals surface area (Å²) in [5, 5.41) is 9.01. The van der Waals surface area contributed by atoms with Gasteiger partial charge < -0.3 is 5.11 Å². The molecule has 20 heavy (non-hydrogen) atoms. The third kappa shape index (κ3) is 2.67. The van der Waals surface area contributed by atoms with Crippen molar-refractivity contribution < 1.29 is 27.1 Å². The largest absolute Gasteiger partial charge is 0.478 e. The van der Waals surface area contributed by atoms with Gasteiger partial charge in [0.05, 0.1) is 15.2 Å². The highest BCUT2D eigenvalue weighted by Gasteiger charge is 2.37. The van der Waals surface area contributed by atoms with E-state index in [-0.39, 0.29) is 11.1 Å². The molecule has 0 aliphatic carbocycles. The van der Waals surface area contributed by atoms with Crippen LogP contribution < -0.4 is 0 Å². The molecular formula is C13H16F2O4S. The number of hydrogen-bond donors (Lipinski definition) is 1. The lowest BCUT2D eigenvalue weighted by Crippen LogP contribution is -2.30. The van der Waals surface area contributed by atoms with E-state index in [1.54, 1.807) is 0 Å². The van der Waals surface area contributed by atoms with Crippen molar-refractivity contribution in [1.82, 2.24) is 0 Å². The van der Waals surface area contributed by atoms with E-state index in [9.17, 15) is 22.0 Å². The summed E-state index contributed by atoms with van der Waals surface area (Å²) in [6.07, 6.45) is -3.00. The third-order valence-electron chi connectivity index (χ3n) is 2.98. The van der Waals surface area contributed by atoms with Crippen LogP contribution in [0.25, 0.3) is 0 Å². The molecule has 0 saturated carbocycles. The summed E-state index contributed by atoms with van der Waals surface area (Å²) in [6.45, 7) is 5.37. The Balaban J connectivity index is 3.84. The fourth-order valence-corrected chi connectivity index (χ4v) is 3.37. The molecule has 0 heterocycles. The molecule has 0 atom stereocenters. The lowest BCUT2D eigenvalue weighted by atomic mass is 10.1. The van der Waals surface area contributed by atoms with E-state index in [0.29, 0.717) is 0 Å². The minimum atomic E-state index is -4.08.